The van der Waals surface area contributed by atoms with Crippen LogP contribution in [-0.4, -0.2) is 30.6 Å². The average Bonchev–Trinajstić information content (AvgIpc) is 3.02. The van der Waals surface area contributed by atoms with Crippen LogP contribution in [-0.2, 0) is 0 Å². The molecule has 0 aromatic carbocycles. The van der Waals surface area contributed by atoms with Gasteiger partial charge >= 0.3 is 0 Å². The van der Waals surface area contributed by atoms with Crippen LogP contribution in [0.4, 0.5) is 0 Å². The molecule has 0 aromatic rings. The van der Waals surface area contributed by atoms with Gasteiger partial charge in [0, 0.05) is 0 Å². The predicted molar refractivity (Wildman–Crippen MR) is 79.5 cm³/mol. The van der Waals surface area contributed by atoms with Gasteiger partial charge in [-0.1, -0.05) is 40.5 Å². The van der Waals surface area contributed by atoms with Crippen LogP contribution in [0.1, 0.15) is 64.7 Å². The summed E-state index contributed by atoms with van der Waals surface area (Å²) in [5.41, 5.74) is 2.30. The molecular weight excluding hydrogens is 225 g/mol. The largest absolute Gasteiger partial charge is 0.316 e. The molecule has 0 bridgehead atoms. The van der Waals surface area contributed by atoms with Gasteiger partial charge in [0.2, 0.25) is 0 Å². The van der Waals surface area contributed by atoms with Gasteiger partial charge < -0.3 is 5.32 Å². The molecule has 0 atom stereocenters. The summed E-state index contributed by atoms with van der Waals surface area (Å²) in [4.78, 5) is 0. The second-order valence-electron chi connectivity index (χ2n) is 5.86. The van der Waals surface area contributed by atoms with Crippen LogP contribution in [0, 0.1) is 0 Å². The fraction of sp³-hybridized carbons (Fsp3) is 1.00. The molecular formula is C15H30NP. The molecule has 0 radical (unpaired) electrons. The first-order valence-electron chi connectivity index (χ1n) is 7.88. The molecule has 0 heterocycles. The fourth-order valence-corrected chi connectivity index (χ4v) is 7.44. The van der Waals surface area contributed by atoms with Crippen molar-refractivity contribution in [3.05, 3.63) is 0 Å². The van der Waals surface area contributed by atoms with Crippen molar-refractivity contribution in [2.75, 3.05) is 19.3 Å². The Morgan fingerprint density at radius 1 is 0.882 bits per heavy atom. The Hall–Kier alpha value is 0.390. The van der Waals surface area contributed by atoms with Crippen molar-refractivity contribution < 1.29 is 0 Å². The Balaban J connectivity index is 1.78. The Bertz CT molecular complexity index is 179. The molecule has 0 aliphatic heterocycles. The van der Waals surface area contributed by atoms with Crippen molar-refractivity contribution in [2.45, 2.75) is 76.0 Å². The van der Waals surface area contributed by atoms with Gasteiger partial charge in [0.25, 0.3) is 0 Å². The third kappa shape index (κ3) is 4.21. The molecule has 2 fully saturated rings. The van der Waals surface area contributed by atoms with E-state index in [1.807, 2.05) is 0 Å². The lowest BCUT2D eigenvalue weighted by Gasteiger charge is -2.30. The van der Waals surface area contributed by atoms with Crippen molar-refractivity contribution in [3.8, 4) is 0 Å². The van der Waals surface area contributed by atoms with Gasteiger partial charge in [0.05, 0.1) is 0 Å². The second-order valence-corrected chi connectivity index (χ2v) is 8.80. The minimum absolute atomic E-state index is 0.358. The Kier molecular flexibility index (Phi) is 6.29. The number of nitrogens with one attached hydrogen (secondary N) is 1. The minimum atomic E-state index is 0.358. The number of rotatable bonds is 7. The summed E-state index contributed by atoms with van der Waals surface area (Å²) in [7, 11) is 0.358. The van der Waals surface area contributed by atoms with Crippen LogP contribution in [0.3, 0.4) is 0 Å². The highest BCUT2D eigenvalue weighted by Gasteiger charge is 2.31. The highest BCUT2D eigenvalue weighted by molar-refractivity contribution is 7.59. The van der Waals surface area contributed by atoms with Crippen molar-refractivity contribution in [1.82, 2.24) is 5.32 Å². The molecule has 1 N–H and O–H groups in total. The zero-order valence-electron chi connectivity index (χ0n) is 11.6. The first-order chi connectivity index (χ1) is 8.42. The lowest BCUT2D eigenvalue weighted by molar-refractivity contribution is 0.700. The van der Waals surface area contributed by atoms with Crippen LogP contribution >= 0.6 is 7.92 Å². The number of hydrogen-bond donors (Lipinski definition) is 1. The van der Waals surface area contributed by atoms with Crippen LogP contribution in [0.2, 0.25) is 0 Å². The van der Waals surface area contributed by atoms with Crippen LogP contribution in [0.5, 0.6) is 0 Å². The SMILES string of the molecule is CCCNCCP(C1CCCC1)C1CCCC1. The summed E-state index contributed by atoms with van der Waals surface area (Å²) >= 11 is 0. The molecule has 2 rings (SSSR count). The third-order valence-corrected chi connectivity index (χ3v) is 8.21. The highest BCUT2D eigenvalue weighted by atomic mass is 31.1. The standard InChI is InChI=1S/C15H30NP/c1-2-11-16-12-13-17(14-7-3-4-8-14)15-9-5-6-10-15/h14-16H,2-13H2,1H3. The molecule has 100 valence electrons. The van der Waals surface area contributed by atoms with E-state index in [1.165, 1.54) is 51.4 Å². The van der Waals surface area contributed by atoms with Gasteiger partial charge in [0.1, 0.15) is 0 Å². The first kappa shape index (κ1) is 13.8. The van der Waals surface area contributed by atoms with E-state index in [9.17, 15) is 0 Å². The Morgan fingerprint density at radius 3 is 1.88 bits per heavy atom. The van der Waals surface area contributed by atoms with Gasteiger partial charge in [-0.25, -0.2) is 0 Å². The minimum Gasteiger partial charge on any atom is -0.316 e. The van der Waals surface area contributed by atoms with E-state index < -0.39 is 0 Å². The molecule has 1 nitrogen and oxygen atoms in total. The van der Waals surface area contributed by atoms with E-state index in [2.05, 4.69) is 12.2 Å². The molecule has 0 saturated heterocycles. The quantitative estimate of drug-likeness (QED) is 0.526. The van der Waals surface area contributed by atoms with Gasteiger partial charge in [0.15, 0.2) is 0 Å². The molecule has 2 aliphatic carbocycles. The fourth-order valence-electron chi connectivity index (χ4n) is 3.65. The van der Waals surface area contributed by atoms with Gasteiger partial charge in [-0.3, -0.25) is 0 Å². The molecule has 2 heteroatoms. The van der Waals surface area contributed by atoms with Crippen LogP contribution < -0.4 is 5.32 Å². The maximum Gasteiger partial charge on any atom is -0.000931 e. The van der Waals surface area contributed by atoms with E-state index in [0.717, 1.165) is 11.3 Å². The van der Waals surface area contributed by atoms with E-state index in [4.69, 9.17) is 0 Å². The summed E-state index contributed by atoms with van der Waals surface area (Å²) in [5.74, 6) is 0. The maximum atomic E-state index is 3.63. The zero-order valence-corrected chi connectivity index (χ0v) is 12.5. The average molecular weight is 255 g/mol. The second kappa shape index (κ2) is 7.74. The van der Waals surface area contributed by atoms with E-state index in [1.54, 1.807) is 25.7 Å². The topological polar surface area (TPSA) is 12.0 Å². The summed E-state index contributed by atoms with van der Waals surface area (Å²) < 4.78 is 0. The van der Waals surface area contributed by atoms with Gasteiger partial charge in [-0.15, -0.1) is 0 Å². The van der Waals surface area contributed by atoms with Crippen molar-refractivity contribution in [3.63, 3.8) is 0 Å². The van der Waals surface area contributed by atoms with Crippen molar-refractivity contribution >= 4 is 7.92 Å². The molecule has 0 amide bonds. The lowest BCUT2D eigenvalue weighted by atomic mass is 10.4. The predicted octanol–water partition coefficient (Wildman–Crippen LogP) is 4.35. The Labute approximate surface area is 109 Å². The van der Waals surface area contributed by atoms with Crippen LogP contribution in [0.25, 0.3) is 0 Å². The summed E-state index contributed by atoms with van der Waals surface area (Å²) in [6.45, 7) is 4.79. The van der Waals surface area contributed by atoms with E-state index in [0.29, 0.717) is 7.92 Å². The van der Waals surface area contributed by atoms with Gasteiger partial charge in [-0.2, -0.15) is 0 Å². The lowest BCUT2D eigenvalue weighted by Crippen LogP contribution is -2.22. The normalized spacial score (nSPS) is 22.9. The molecule has 0 spiro atoms. The number of hydrogen-bond acceptors (Lipinski definition) is 1. The summed E-state index contributed by atoms with van der Waals surface area (Å²) in [5, 5.41) is 3.63. The highest BCUT2D eigenvalue weighted by Crippen LogP contribution is 2.56. The smallest absolute Gasteiger partial charge is 0.000931 e. The van der Waals surface area contributed by atoms with E-state index in [-0.39, 0.29) is 0 Å². The molecule has 0 unspecified atom stereocenters. The van der Waals surface area contributed by atoms with Gasteiger partial charge in [-0.05, 0) is 62.7 Å². The third-order valence-electron chi connectivity index (χ3n) is 4.56. The van der Waals surface area contributed by atoms with Crippen LogP contribution in [0.15, 0.2) is 0 Å². The zero-order chi connectivity index (χ0) is 11.9. The van der Waals surface area contributed by atoms with E-state index >= 15 is 0 Å². The monoisotopic (exact) mass is 255 g/mol. The Morgan fingerprint density at radius 2 is 1.41 bits per heavy atom. The van der Waals surface area contributed by atoms with Crippen molar-refractivity contribution in [2.24, 2.45) is 0 Å². The molecule has 2 aliphatic rings. The first-order valence-corrected chi connectivity index (χ1v) is 9.55. The van der Waals surface area contributed by atoms with Crippen molar-refractivity contribution in [1.29, 1.82) is 0 Å². The summed E-state index contributed by atoms with van der Waals surface area (Å²) in [6.07, 6.45) is 15.2. The molecule has 0 aromatic heterocycles. The summed E-state index contributed by atoms with van der Waals surface area (Å²) in [6, 6.07) is 0. The molecule has 2 saturated carbocycles. The molecule has 17 heavy (non-hydrogen) atoms. The maximum absolute atomic E-state index is 3.63.